The van der Waals surface area contributed by atoms with E-state index in [4.69, 9.17) is 0 Å². The Morgan fingerprint density at radius 2 is 1.89 bits per heavy atom. The van der Waals surface area contributed by atoms with E-state index in [0.717, 1.165) is 35.7 Å². The van der Waals surface area contributed by atoms with Gasteiger partial charge in [0.05, 0.1) is 10.6 Å². The lowest BCUT2D eigenvalue weighted by molar-refractivity contribution is 0.203. The van der Waals surface area contributed by atoms with Gasteiger partial charge in [0.1, 0.15) is 0 Å². The number of aryl methyl sites for hydroxylation is 2. The molecule has 0 radical (unpaired) electrons. The van der Waals surface area contributed by atoms with E-state index in [-0.39, 0.29) is 11.2 Å². The summed E-state index contributed by atoms with van der Waals surface area (Å²) in [6, 6.07) is 5.42. The van der Waals surface area contributed by atoms with E-state index in [2.05, 4.69) is 15.9 Å². The maximum Gasteiger partial charge on any atom is 0.178 e. The van der Waals surface area contributed by atoms with Crippen molar-refractivity contribution in [1.29, 1.82) is 0 Å². The molecule has 2 nitrogen and oxygen atoms in total. The molecule has 0 aromatic heterocycles. The summed E-state index contributed by atoms with van der Waals surface area (Å²) in [6.45, 7) is 3.95. The third-order valence-corrected chi connectivity index (χ3v) is 7.19. The molecule has 0 unspecified atom stereocenters. The highest BCUT2D eigenvalue weighted by atomic mass is 79.9. The first kappa shape index (κ1) is 14.1. The van der Waals surface area contributed by atoms with Crippen molar-refractivity contribution in [3.8, 4) is 0 Å². The smallest absolute Gasteiger partial charge is 0.178 e. The highest BCUT2D eigenvalue weighted by Gasteiger charge is 2.40. The molecular formula is C14H19BrO2S. The van der Waals surface area contributed by atoms with Gasteiger partial charge in [0.15, 0.2) is 9.84 Å². The number of rotatable bonds is 4. The predicted molar refractivity (Wildman–Crippen MR) is 78.0 cm³/mol. The lowest BCUT2D eigenvalue weighted by Gasteiger charge is -2.40. The van der Waals surface area contributed by atoms with E-state index in [1.54, 1.807) is 12.1 Å². The van der Waals surface area contributed by atoms with Gasteiger partial charge < -0.3 is 0 Å². The second-order valence-electron chi connectivity index (χ2n) is 5.49. The summed E-state index contributed by atoms with van der Waals surface area (Å²) in [7, 11) is -3.16. The first-order valence-corrected chi connectivity index (χ1v) is 9.02. The summed E-state index contributed by atoms with van der Waals surface area (Å²) >= 11 is 3.47. The van der Waals surface area contributed by atoms with E-state index < -0.39 is 9.84 Å². The predicted octanol–water partition coefficient (Wildman–Crippen LogP) is 3.64. The van der Waals surface area contributed by atoms with E-state index in [1.807, 2.05) is 19.9 Å². The molecule has 0 heterocycles. The van der Waals surface area contributed by atoms with Gasteiger partial charge >= 0.3 is 0 Å². The van der Waals surface area contributed by atoms with E-state index in [1.165, 1.54) is 0 Å². The Balaban J connectivity index is 2.28. The molecule has 1 aromatic rings. The lowest BCUT2D eigenvalue weighted by atomic mass is 9.72. The third kappa shape index (κ3) is 2.64. The fraction of sp³-hybridized carbons (Fsp3) is 0.571. The minimum Gasteiger partial charge on any atom is -0.224 e. The maximum atomic E-state index is 12.4. The summed E-state index contributed by atoms with van der Waals surface area (Å²) in [5.74, 6) is 0.272. The molecule has 18 heavy (non-hydrogen) atoms. The molecule has 0 spiro atoms. The largest absolute Gasteiger partial charge is 0.224 e. The van der Waals surface area contributed by atoms with Crippen LogP contribution in [-0.4, -0.2) is 19.5 Å². The molecule has 0 atom stereocenters. The zero-order valence-corrected chi connectivity index (χ0v) is 13.3. The first-order chi connectivity index (χ1) is 8.38. The fourth-order valence-corrected chi connectivity index (χ4v) is 5.40. The van der Waals surface area contributed by atoms with E-state index in [9.17, 15) is 8.42 Å². The highest BCUT2D eigenvalue weighted by Crippen LogP contribution is 2.44. The monoisotopic (exact) mass is 330 g/mol. The summed E-state index contributed by atoms with van der Waals surface area (Å²) in [4.78, 5) is 0.470. The van der Waals surface area contributed by atoms with Gasteiger partial charge in [0.2, 0.25) is 0 Å². The topological polar surface area (TPSA) is 34.1 Å². The van der Waals surface area contributed by atoms with Crippen molar-refractivity contribution in [2.45, 2.75) is 38.0 Å². The second kappa shape index (κ2) is 4.97. The van der Waals surface area contributed by atoms with Gasteiger partial charge in [-0.3, -0.25) is 0 Å². The van der Waals surface area contributed by atoms with Crippen LogP contribution in [0.5, 0.6) is 0 Å². The molecule has 0 aliphatic heterocycles. The number of halogens is 1. The van der Waals surface area contributed by atoms with Crippen LogP contribution in [0.1, 0.15) is 30.4 Å². The van der Waals surface area contributed by atoms with Gasteiger partial charge in [-0.15, -0.1) is 0 Å². The van der Waals surface area contributed by atoms with E-state index >= 15 is 0 Å². The van der Waals surface area contributed by atoms with Gasteiger partial charge in [0.25, 0.3) is 0 Å². The second-order valence-corrected chi connectivity index (χ2v) is 8.04. The number of sulfone groups is 1. The Bertz CT molecular complexity index is 539. The van der Waals surface area contributed by atoms with Crippen LogP contribution in [0, 0.1) is 19.3 Å². The van der Waals surface area contributed by atoms with Crippen LogP contribution in [0.15, 0.2) is 23.1 Å². The number of benzene rings is 1. The third-order valence-electron chi connectivity index (χ3n) is 4.03. The number of hydrogen-bond donors (Lipinski definition) is 0. The zero-order chi connectivity index (χ0) is 13.4. The van der Waals surface area contributed by atoms with Gasteiger partial charge in [0, 0.05) is 5.33 Å². The molecule has 0 N–H and O–H groups in total. The molecule has 1 aliphatic carbocycles. The van der Waals surface area contributed by atoms with Crippen LogP contribution >= 0.6 is 15.9 Å². The molecule has 1 aliphatic rings. The number of alkyl halides is 1. The van der Waals surface area contributed by atoms with Crippen molar-refractivity contribution in [2.75, 3.05) is 11.1 Å². The summed E-state index contributed by atoms with van der Waals surface area (Å²) in [6.07, 6.45) is 3.18. The van der Waals surface area contributed by atoms with Gasteiger partial charge in [-0.1, -0.05) is 28.4 Å². The normalized spacial score (nSPS) is 18.4. The quantitative estimate of drug-likeness (QED) is 0.790. The summed E-state index contributed by atoms with van der Waals surface area (Å²) in [5.41, 5.74) is 2.14. The average molecular weight is 331 g/mol. The van der Waals surface area contributed by atoms with Gasteiger partial charge in [-0.05, 0) is 55.4 Å². The van der Waals surface area contributed by atoms with Crippen molar-refractivity contribution in [2.24, 2.45) is 5.41 Å². The molecular weight excluding hydrogens is 312 g/mol. The minimum absolute atomic E-state index is 0.0301. The molecule has 1 fully saturated rings. The molecule has 0 saturated heterocycles. The van der Waals surface area contributed by atoms with Gasteiger partial charge in [-0.25, -0.2) is 8.42 Å². The van der Waals surface area contributed by atoms with Crippen molar-refractivity contribution >= 4 is 25.8 Å². The van der Waals surface area contributed by atoms with Crippen molar-refractivity contribution < 1.29 is 8.42 Å². The Hall–Kier alpha value is -0.350. The van der Waals surface area contributed by atoms with Gasteiger partial charge in [-0.2, -0.15) is 0 Å². The standard InChI is InChI=1S/C14H19BrO2S/c1-11-4-5-13(8-12(11)2)18(16,17)10-14(9-15)6-3-7-14/h4-5,8H,3,6-7,9-10H2,1-2H3. The summed E-state index contributed by atoms with van der Waals surface area (Å²) < 4.78 is 24.9. The zero-order valence-electron chi connectivity index (χ0n) is 10.9. The van der Waals surface area contributed by atoms with Crippen LogP contribution in [0.3, 0.4) is 0 Å². The SMILES string of the molecule is Cc1ccc(S(=O)(=O)CC2(CBr)CCC2)cc1C. The molecule has 2 rings (SSSR count). The number of hydrogen-bond acceptors (Lipinski definition) is 2. The molecule has 0 bridgehead atoms. The molecule has 4 heteroatoms. The Kier molecular flexibility index (Phi) is 3.88. The molecule has 1 aromatic carbocycles. The maximum absolute atomic E-state index is 12.4. The lowest BCUT2D eigenvalue weighted by Crippen LogP contribution is -2.38. The highest BCUT2D eigenvalue weighted by molar-refractivity contribution is 9.09. The minimum atomic E-state index is -3.16. The van der Waals surface area contributed by atoms with Crippen LogP contribution in [0.4, 0.5) is 0 Å². The van der Waals surface area contributed by atoms with Crippen molar-refractivity contribution in [3.05, 3.63) is 29.3 Å². The average Bonchev–Trinajstić information content (AvgIpc) is 2.27. The van der Waals surface area contributed by atoms with Crippen LogP contribution in [0.2, 0.25) is 0 Å². The van der Waals surface area contributed by atoms with E-state index in [0.29, 0.717) is 4.90 Å². The van der Waals surface area contributed by atoms with Crippen LogP contribution in [-0.2, 0) is 9.84 Å². The molecule has 100 valence electrons. The first-order valence-electron chi connectivity index (χ1n) is 6.25. The van der Waals surface area contributed by atoms with Crippen molar-refractivity contribution in [3.63, 3.8) is 0 Å². The van der Waals surface area contributed by atoms with Crippen LogP contribution < -0.4 is 0 Å². The summed E-state index contributed by atoms with van der Waals surface area (Å²) in [5, 5.41) is 0.782. The van der Waals surface area contributed by atoms with Crippen LogP contribution in [0.25, 0.3) is 0 Å². The Morgan fingerprint density at radius 1 is 1.22 bits per heavy atom. The van der Waals surface area contributed by atoms with Crippen molar-refractivity contribution in [1.82, 2.24) is 0 Å². The molecule has 0 amide bonds. The fourth-order valence-electron chi connectivity index (χ4n) is 2.39. The Labute approximate surface area is 118 Å². The Morgan fingerprint density at radius 3 is 2.33 bits per heavy atom. The molecule has 1 saturated carbocycles.